The molecule has 6 heteroatoms. The lowest BCUT2D eigenvalue weighted by Gasteiger charge is -2.27. The normalized spacial score (nSPS) is 15.6. The summed E-state index contributed by atoms with van der Waals surface area (Å²) in [6.07, 6.45) is 0. The number of ether oxygens (including phenoxy) is 2. The molecule has 4 nitrogen and oxygen atoms in total. The third-order valence-electron chi connectivity index (χ3n) is 2.75. The van der Waals surface area contributed by atoms with Crippen LogP contribution in [0.5, 0.6) is 5.75 Å². The van der Waals surface area contributed by atoms with Crippen molar-refractivity contribution in [3.05, 3.63) is 24.8 Å². The number of methoxy groups -OCH3 is 1. The van der Waals surface area contributed by atoms with Gasteiger partial charge in [0.25, 0.3) is 5.91 Å². The molecule has 1 aliphatic rings. The highest BCUT2D eigenvalue weighted by atomic mass is 127. The van der Waals surface area contributed by atoms with Gasteiger partial charge < -0.3 is 14.4 Å². The summed E-state index contributed by atoms with van der Waals surface area (Å²) in [6.45, 7) is 2.57. The molecule has 0 bridgehead atoms. The molecule has 1 heterocycles. The van der Waals surface area contributed by atoms with Crippen molar-refractivity contribution in [2.24, 2.45) is 0 Å². The summed E-state index contributed by atoms with van der Waals surface area (Å²) in [5.41, 5.74) is 0.714. The summed E-state index contributed by atoms with van der Waals surface area (Å²) >= 11 is 4.38. The maximum atomic E-state index is 12.3. The Labute approximate surface area is 133 Å². The summed E-state index contributed by atoms with van der Waals surface area (Å²) in [5, 5.41) is 0. The van der Waals surface area contributed by atoms with Crippen LogP contribution in [0.2, 0.25) is 0 Å². The van der Waals surface area contributed by atoms with Crippen LogP contribution < -0.4 is 4.74 Å². The van der Waals surface area contributed by atoms with Crippen LogP contribution in [0.1, 0.15) is 10.4 Å². The summed E-state index contributed by atoms with van der Waals surface area (Å²) in [6, 6.07) is 3.75. The van der Waals surface area contributed by atoms with Crippen LogP contribution in [0.3, 0.4) is 0 Å². The summed E-state index contributed by atoms with van der Waals surface area (Å²) < 4.78 is 12.5. The molecular weight excluding hydrogens is 460 g/mol. The third kappa shape index (κ3) is 3.08. The van der Waals surface area contributed by atoms with Gasteiger partial charge >= 0.3 is 0 Å². The van der Waals surface area contributed by atoms with E-state index in [-0.39, 0.29) is 5.91 Å². The molecule has 0 aromatic heterocycles. The molecule has 18 heavy (non-hydrogen) atoms. The van der Waals surface area contributed by atoms with Crippen molar-refractivity contribution in [3.63, 3.8) is 0 Å². The van der Waals surface area contributed by atoms with Crippen molar-refractivity contribution in [3.8, 4) is 5.75 Å². The first-order valence-corrected chi connectivity index (χ1v) is 7.69. The molecular formula is C12H13I2NO3. The van der Waals surface area contributed by atoms with Crippen molar-refractivity contribution in [2.45, 2.75) is 0 Å². The fraction of sp³-hybridized carbons (Fsp3) is 0.417. The number of benzene rings is 1. The maximum absolute atomic E-state index is 12.3. The van der Waals surface area contributed by atoms with Crippen LogP contribution in [0.4, 0.5) is 0 Å². The van der Waals surface area contributed by atoms with Gasteiger partial charge in [-0.3, -0.25) is 4.79 Å². The molecule has 0 N–H and O–H groups in total. The van der Waals surface area contributed by atoms with E-state index in [1.54, 1.807) is 7.11 Å². The largest absolute Gasteiger partial charge is 0.495 e. The van der Waals surface area contributed by atoms with E-state index >= 15 is 0 Å². The second kappa shape index (κ2) is 6.38. The van der Waals surface area contributed by atoms with Crippen molar-refractivity contribution >= 4 is 51.1 Å². The fourth-order valence-corrected chi connectivity index (χ4v) is 4.04. The molecule has 98 valence electrons. The molecule has 0 radical (unpaired) electrons. The molecule has 1 saturated heterocycles. The van der Waals surface area contributed by atoms with E-state index in [2.05, 4.69) is 45.2 Å². The summed E-state index contributed by atoms with van der Waals surface area (Å²) in [5.74, 6) is 0.895. The van der Waals surface area contributed by atoms with Gasteiger partial charge in [-0.1, -0.05) is 0 Å². The van der Waals surface area contributed by atoms with Crippen LogP contribution in [-0.2, 0) is 4.74 Å². The monoisotopic (exact) mass is 473 g/mol. The molecule has 1 fully saturated rings. The molecule has 1 aliphatic heterocycles. The minimum Gasteiger partial charge on any atom is -0.495 e. The lowest BCUT2D eigenvalue weighted by molar-refractivity contribution is 0.0303. The SMILES string of the molecule is COc1c(I)cc(C(=O)N2CCOCC2)cc1I. The lowest BCUT2D eigenvalue weighted by Crippen LogP contribution is -2.40. The number of nitrogens with zero attached hydrogens (tertiary/aromatic N) is 1. The number of halogens is 2. The maximum Gasteiger partial charge on any atom is 0.254 e. The van der Waals surface area contributed by atoms with Gasteiger partial charge in [-0.2, -0.15) is 0 Å². The van der Waals surface area contributed by atoms with E-state index < -0.39 is 0 Å². The van der Waals surface area contributed by atoms with Crippen LogP contribution in [-0.4, -0.2) is 44.2 Å². The van der Waals surface area contributed by atoms with Gasteiger partial charge in [-0.05, 0) is 57.3 Å². The second-order valence-electron chi connectivity index (χ2n) is 3.88. The molecule has 0 unspecified atom stereocenters. The number of rotatable bonds is 2. The van der Waals surface area contributed by atoms with E-state index in [4.69, 9.17) is 9.47 Å². The molecule has 1 amide bonds. The first-order valence-electron chi connectivity index (χ1n) is 5.53. The Bertz CT molecular complexity index is 436. The first kappa shape index (κ1) is 14.3. The van der Waals surface area contributed by atoms with Crippen LogP contribution in [0.25, 0.3) is 0 Å². The van der Waals surface area contributed by atoms with Crippen LogP contribution in [0, 0.1) is 7.14 Å². The predicted molar refractivity (Wildman–Crippen MR) is 85.2 cm³/mol. The average molecular weight is 473 g/mol. The minimum absolute atomic E-state index is 0.0665. The van der Waals surface area contributed by atoms with Gasteiger partial charge in [-0.15, -0.1) is 0 Å². The molecule has 0 saturated carbocycles. The van der Waals surface area contributed by atoms with Crippen molar-refractivity contribution < 1.29 is 14.3 Å². The first-order chi connectivity index (χ1) is 8.63. The number of hydrogen-bond donors (Lipinski definition) is 0. The number of carbonyl (C=O) groups is 1. The van der Waals surface area contributed by atoms with Crippen molar-refractivity contribution in [1.29, 1.82) is 0 Å². The van der Waals surface area contributed by atoms with Crippen molar-refractivity contribution in [1.82, 2.24) is 4.90 Å². The number of amides is 1. The number of morpholine rings is 1. The van der Waals surface area contributed by atoms with E-state index in [0.29, 0.717) is 31.9 Å². The smallest absolute Gasteiger partial charge is 0.254 e. The molecule has 0 spiro atoms. The van der Waals surface area contributed by atoms with Crippen LogP contribution in [0.15, 0.2) is 12.1 Å². The fourth-order valence-electron chi connectivity index (χ4n) is 1.83. The Hall–Kier alpha value is -0.0900. The Morgan fingerprint density at radius 1 is 1.28 bits per heavy atom. The highest BCUT2D eigenvalue weighted by molar-refractivity contribution is 14.1. The van der Waals surface area contributed by atoms with Crippen LogP contribution >= 0.6 is 45.2 Å². The van der Waals surface area contributed by atoms with Gasteiger partial charge in [-0.25, -0.2) is 0 Å². The lowest BCUT2D eigenvalue weighted by atomic mass is 10.2. The van der Waals surface area contributed by atoms with Crippen molar-refractivity contribution in [2.75, 3.05) is 33.4 Å². The summed E-state index contributed by atoms with van der Waals surface area (Å²) in [4.78, 5) is 14.2. The molecule has 1 aromatic rings. The Kier molecular flexibility index (Phi) is 5.07. The topological polar surface area (TPSA) is 38.8 Å². The zero-order chi connectivity index (χ0) is 13.1. The highest BCUT2D eigenvalue weighted by Crippen LogP contribution is 2.29. The molecule has 0 aliphatic carbocycles. The quantitative estimate of drug-likeness (QED) is 0.620. The van der Waals surface area contributed by atoms with E-state index in [1.807, 2.05) is 17.0 Å². The van der Waals surface area contributed by atoms with Gasteiger partial charge in [0.2, 0.25) is 0 Å². The molecule has 1 aromatic carbocycles. The Balaban J connectivity index is 2.25. The van der Waals surface area contributed by atoms with Gasteiger partial charge in [0.1, 0.15) is 5.75 Å². The average Bonchev–Trinajstić information content (AvgIpc) is 2.38. The Morgan fingerprint density at radius 2 is 1.83 bits per heavy atom. The standard InChI is InChI=1S/C12H13I2NO3/c1-17-11-9(13)6-8(7-10(11)14)12(16)15-2-4-18-5-3-15/h6-7H,2-5H2,1H3. The Morgan fingerprint density at radius 3 is 2.33 bits per heavy atom. The van der Waals surface area contributed by atoms with E-state index in [0.717, 1.165) is 12.9 Å². The summed E-state index contributed by atoms with van der Waals surface area (Å²) in [7, 11) is 1.64. The van der Waals surface area contributed by atoms with E-state index in [9.17, 15) is 4.79 Å². The zero-order valence-corrected chi connectivity index (χ0v) is 14.2. The predicted octanol–water partition coefficient (Wildman–Crippen LogP) is 2.38. The third-order valence-corrected chi connectivity index (χ3v) is 4.35. The van der Waals surface area contributed by atoms with Gasteiger partial charge in [0, 0.05) is 18.7 Å². The van der Waals surface area contributed by atoms with Gasteiger partial charge in [0.05, 0.1) is 27.5 Å². The highest BCUT2D eigenvalue weighted by Gasteiger charge is 2.20. The second-order valence-corrected chi connectivity index (χ2v) is 6.20. The van der Waals surface area contributed by atoms with E-state index in [1.165, 1.54) is 0 Å². The molecule has 0 atom stereocenters. The zero-order valence-electron chi connectivity index (χ0n) is 9.91. The van der Waals surface area contributed by atoms with Gasteiger partial charge in [0.15, 0.2) is 0 Å². The number of hydrogen-bond acceptors (Lipinski definition) is 3. The minimum atomic E-state index is 0.0665. The molecule has 2 rings (SSSR count). The number of carbonyl (C=O) groups excluding carboxylic acids is 1.